The number of anilines is 1. The number of nitrogens with zero attached hydrogens (tertiary/aromatic N) is 1. The van der Waals surface area contributed by atoms with Crippen LogP contribution in [0.3, 0.4) is 0 Å². The molecule has 132 valence electrons. The summed E-state index contributed by atoms with van der Waals surface area (Å²) in [7, 11) is 0. The number of rotatable bonds is 6. The van der Waals surface area contributed by atoms with Crippen molar-refractivity contribution in [2.75, 3.05) is 11.9 Å². The quantitative estimate of drug-likeness (QED) is 0.614. The Hall–Kier alpha value is -2.92. The number of aryl methyl sites for hydroxylation is 1. The number of nitrogens with one attached hydrogen (secondary N) is 1. The van der Waals surface area contributed by atoms with Gasteiger partial charge in [0.1, 0.15) is 5.75 Å². The third-order valence-corrected chi connectivity index (χ3v) is 4.58. The third-order valence-electron chi connectivity index (χ3n) is 3.69. The normalized spacial score (nSPS) is 10.8. The number of hydrogen-bond donors (Lipinski definition) is 1. The third kappa shape index (κ3) is 4.58. The highest BCUT2D eigenvalue weighted by Gasteiger charge is 2.10. The predicted octanol–water partition coefficient (Wildman–Crippen LogP) is 5.17. The first kappa shape index (κ1) is 17.9. The summed E-state index contributed by atoms with van der Waals surface area (Å²) in [6, 6.07) is 17.6. The van der Waals surface area contributed by atoms with Gasteiger partial charge in [0.15, 0.2) is 5.13 Å². The lowest BCUT2D eigenvalue weighted by molar-refractivity contribution is -0.111. The Morgan fingerprint density at radius 3 is 2.58 bits per heavy atom. The lowest BCUT2D eigenvalue weighted by Crippen LogP contribution is -2.07. The zero-order valence-electron chi connectivity index (χ0n) is 14.7. The number of hydrogen-bond acceptors (Lipinski definition) is 4. The Morgan fingerprint density at radius 1 is 1.15 bits per heavy atom. The molecule has 0 spiro atoms. The van der Waals surface area contributed by atoms with E-state index in [9.17, 15) is 4.79 Å². The Bertz CT molecular complexity index is 900. The number of thiazole rings is 1. The van der Waals surface area contributed by atoms with Crippen LogP contribution >= 0.6 is 11.3 Å². The number of ether oxygens (including phenoxy) is 1. The van der Waals surface area contributed by atoms with Crippen molar-refractivity contribution in [2.45, 2.75) is 13.8 Å². The second-order valence-corrected chi connectivity index (χ2v) is 6.82. The van der Waals surface area contributed by atoms with E-state index in [-0.39, 0.29) is 5.91 Å². The first-order valence-corrected chi connectivity index (χ1v) is 9.22. The molecule has 1 heterocycles. The van der Waals surface area contributed by atoms with Crippen molar-refractivity contribution in [3.05, 3.63) is 71.1 Å². The summed E-state index contributed by atoms with van der Waals surface area (Å²) in [6.07, 6.45) is 3.28. The molecule has 1 aromatic heterocycles. The monoisotopic (exact) mass is 364 g/mol. The summed E-state index contributed by atoms with van der Waals surface area (Å²) >= 11 is 1.47. The molecule has 0 saturated heterocycles. The molecule has 4 nitrogen and oxygen atoms in total. The summed E-state index contributed by atoms with van der Waals surface area (Å²) in [5, 5.41) is 3.43. The topological polar surface area (TPSA) is 51.2 Å². The average Bonchev–Trinajstić information content (AvgIpc) is 3.02. The first-order chi connectivity index (χ1) is 12.7. The molecule has 0 fully saturated rings. The smallest absolute Gasteiger partial charge is 0.250 e. The van der Waals surface area contributed by atoms with E-state index in [2.05, 4.69) is 10.3 Å². The van der Waals surface area contributed by atoms with Gasteiger partial charge in [0.2, 0.25) is 5.91 Å². The summed E-state index contributed by atoms with van der Waals surface area (Å²) in [5.41, 5.74) is 2.89. The molecule has 0 unspecified atom stereocenters. The second kappa shape index (κ2) is 8.45. The van der Waals surface area contributed by atoms with Crippen LogP contribution in [0.15, 0.2) is 60.7 Å². The van der Waals surface area contributed by atoms with E-state index in [1.165, 1.54) is 17.4 Å². The highest BCUT2D eigenvalue weighted by Crippen LogP contribution is 2.30. The van der Waals surface area contributed by atoms with Gasteiger partial charge < -0.3 is 4.74 Å². The van der Waals surface area contributed by atoms with Crippen molar-refractivity contribution >= 4 is 28.5 Å². The van der Waals surface area contributed by atoms with Gasteiger partial charge in [0.05, 0.1) is 12.3 Å². The molecule has 0 aliphatic rings. The molecule has 0 saturated carbocycles. The van der Waals surface area contributed by atoms with Crippen LogP contribution in [0.25, 0.3) is 17.3 Å². The zero-order chi connectivity index (χ0) is 18.4. The van der Waals surface area contributed by atoms with Gasteiger partial charge in [-0.05, 0) is 37.6 Å². The van der Waals surface area contributed by atoms with Crippen LogP contribution in [0.1, 0.15) is 17.4 Å². The molecule has 1 amide bonds. The van der Waals surface area contributed by atoms with Gasteiger partial charge in [-0.25, -0.2) is 4.98 Å². The molecule has 3 rings (SSSR count). The SMILES string of the molecule is CCOc1ccc(/C=C/C(=O)Nc2nc(-c3ccccc3)c(C)s2)cc1. The molecule has 2 aromatic carbocycles. The highest BCUT2D eigenvalue weighted by atomic mass is 32.1. The standard InChI is InChI=1S/C21H20N2O2S/c1-3-25-18-12-9-16(10-13-18)11-14-19(24)22-21-23-20(15(2)26-21)17-7-5-4-6-8-17/h4-14H,3H2,1-2H3,(H,22,23,24)/b14-11+. The van der Waals surface area contributed by atoms with Crippen molar-refractivity contribution in [1.29, 1.82) is 0 Å². The maximum atomic E-state index is 12.2. The first-order valence-electron chi connectivity index (χ1n) is 8.40. The zero-order valence-corrected chi connectivity index (χ0v) is 15.5. The highest BCUT2D eigenvalue weighted by molar-refractivity contribution is 7.16. The van der Waals surface area contributed by atoms with Crippen molar-refractivity contribution in [3.8, 4) is 17.0 Å². The van der Waals surface area contributed by atoms with Gasteiger partial charge in [-0.1, -0.05) is 42.5 Å². The van der Waals surface area contributed by atoms with Gasteiger partial charge in [-0.3, -0.25) is 10.1 Å². The van der Waals surface area contributed by atoms with E-state index in [1.807, 2.05) is 68.4 Å². The van der Waals surface area contributed by atoms with E-state index in [0.29, 0.717) is 11.7 Å². The summed E-state index contributed by atoms with van der Waals surface area (Å²) in [6.45, 7) is 4.59. The molecule has 0 radical (unpaired) electrons. The minimum absolute atomic E-state index is 0.202. The van der Waals surface area contributed by atoms with Crippen LogP contribution < -0.4 is 10.1 Å². The van der Waals surface area contributed by atoms with E-state index >= 15 is 0 Å². The maximum absolute atomic E-state index is 12.2. The molecule has 0 aliphatic heterocycles. The molecular formula is C21H20N2O2S. The summed E-state index contributed by atoms with van der Waals surface area (Å²) in [5.74, 6) is 0.619. The van der Waals surface area contributed by atoms with Gasteiger partial charge in [-0.15, -0.1) is 11.3 Å². The van der Waals surface area contributed by atoms with Crippen LogP contribution in [0.5, 0.6) is 5.75 Å². The lowest BCUT2D eigenvalue weighted by atomic mass is 10.1. The largest absolute Gasteiger partial charge is 0.494 e. The summed E-state index contributed by atoms with van der Waals surface area (Å²) in [4.78, 5) is 17.8. The fourth-order valence-electron chi connectivity index (χ4n) is 2.47. The maximum Gasteiger partial charge on any atom is 0.250 e. The second-order valence-electron chi connectivity index (χ2n) is 5.61. The molecular weight excluding hydrogens is 344 g/mol. The van der Waals surface area contributed by atoms with Gasteiger partial charge in [0.25, 0.3) is 0 Å². The van der Waals surface area contributed by atoms with Crippen LogP contribution in [0, 0.1) is 6.92 Å². The number of carbonyl (C=O) groups is 1. The fourth-order valence-corrected chi connectivity index (χ4v) is 3.31. The van der Waals surface area contributed by atoms with Gasteiger partial charge in [0, 0.05) is 16.5 Å². The minimum atomic E-state index is -0.202. The Kier molecular flexibility index (Phi) is 5.81. The van der Waals surface area contributed by atoms with Crippen LogP contribution in [-0.2, 0) is 4.79 Å². The van der Waals surface area contributed by atoms with E-state index in [0.717, 1.165) is 27.4 Å². The predicted molar refractivity (Wildman–Crippen MR) is 108 cm³/mol. The molecule has 5 heteroatoms. The van der Waals surface area contributed by atoms with Gasteiger partial charge >= 0.3 is 0 Å². The van der Waals surface area contributed by atoms with E-state index < -0.39 is 0 Å². The molecule has 0 aliphatic carbocycles. The number of aromatic nitrogens is 1. The molecule has 1 N–H and O–H groups in total. The Balaban J connectivity index is 1.65. The van der Waals surface area contributed by atoms with Crippen LogP contribution in [0.4, 0.5) is 5.13 Å². The molecule has 0 atom stereocenters. The van der Waals surface area contributed by atoms with Crippen LogP contribution in [-0.4, -0.2) is 17.5 Å². The summed E-state index contributed by atoms with van der Waals surface area (Å²) < 4.78 is 5.41. The number of benzene rings is 2. The number of carbonyl (C=O) groups excluding carboxylic acids is 1. The molecule has 26 heavy (non-hydrogen) atoms. The average molecular weight is 364 g/mol. The Morgan fingerprint density at radius 2 is 1.88 bits per heavy atom. The van der Waals surface area contributed by atoms with Crippen LogP contribution in [0.2, 0.25) is 0 Å². The van der Waals surface area contributed by atoms with Crippen molar-refractivity contribution < 1.29 is 9.53 Å². The van der Waals surface area contributed by atoms with E-state index in [1.54, 1.807) is 6.08 Å². The Labute approximate surface area is 157 Å². The molecule has 3 aromatic rings. The van der Waals surface area contributed by atoms with Crippen molar-refractivity contribution in [2.24, 2.45) is 0 Å². The minimum Gasteiger partial charge on any atom is -0.494 e. The fraction of sp³-hybridized carbons (Fsp3) is 0.143. The van der Waals surface area contributed by atoms with E-state index in [4.69, 9.17) is 4.74 Å². The number of amides is 1. The van der Waals surface area contributed by atoms with Crippen molar-refractivity contribution in [3.63, 3.8) is 0 Å². The molecule has 0 bridgehead atoms. The van der Waals surface area contributed by atoms with Gasteiger partial charge in [-0.2, -0.15) is 0 Å². The van der Waals surface area contributed by atoms with Crippen molar-refractivity contribution in [1.82, 2.24) is 4.98 Å². The lowest BCUT2D eigenvalue weighted by Gasteiger charge is -2.02.